The van der Waals surface area contributed by atoms with Crippen LogP contribution in [0.5, 0.6) is 0 Å². The molecular formula is C14H12FN3O. The van der Waals surface area contributed by atoms with Crippen molar-refractivity contribution < 1.29 is 8.81 Å². The summed E-state index contributed by atoms with van der Waals surface area (Å²) in [5.41, 5.74) is 8.70. The molecule has 0 radical (unpaired) electrons. The molecule has 96 valence electrons. The predicted molar refractivity (Wildman–Crippen MR) is 72.9 cm³/mol. The highest BCUT2D eigenvalue weighted by molar-refractivity contribution is 5.79. The van der Waals surface area contributed by atoms with Crippen molar-refractivity contribution in [3.05, 3.63) is 48.6 Å². The molecule has 2 N–H and O–H groups in total. The number of benzene rings is 2. The Morgan fingerprint density at radius 3 is 2.68 bits per heavy atom. The summed E-state index contributed by atoms with van der Waals surface area (Å²) in [5, 5.41) is 0. The largest absolute Gasteiger partial charge is 0.443 e. The van der Waals surface area contributed by atoms with E-state index in [4.69, 9.17) is 10.2 Å². The number of nitrogens with two attached hydrogens (primary N) is 1. The van der Waals surface area contributed by atoms with Crippen LogP contribution in [0, 0.1) is 5.82 Å². The van der Waals surface area contributed by atoms with Crippen molar-refractivity contribution in [1.82, 2.24) is 4.98 Å². The minimum Gasteiger partial charge on any atom is -0.443 e. The molecule has 0 aliphatic carbocycles. The predicted octanol–water partition coefficient (Wildman–Crippen LogP) is 3.32. The minimum absolute atomic E-state index is 0.142. The van der Waals surface area contributed by atoms with E-state index in [0.29, 0.717) is 11.3 Å². The van der Waals surface area contributed by atoms with Crippen molar-refractivity contribution in [2.45, 2.75) is 0 Å². The van der Waals surface area contributed by atoms with Gasteiger partial charge in [-0.3, -0.25) is 0 Å². The van der Waals surface area contributed by atoms with Gasteiger partial charge in [-0.2, -0.15) is 0 Å². The van der Waals surface area contributed by atoms with E-state index in [1.165, 1.54) is 12.5 Å². The average Bonchev–Trinajstić information content (AvgIpc) is 2.88. The Bertz CT molecular complexity index is 738. The average molecular weight is 257 g/mol. The van der Waals surface area contributed by atoms with Crippen LogP contribution in [0.2, 0.25) is 0 Å². The van der Waals surface area contributed by atoms with Gasteiger partial charge in [0.05, 0.1) is 5.69 Å². The van der Waals surface area contributed by atoms with Crippen molar-refractivity contribution in [3.63, 3.8) is 0 Å². The van der Waals surface area contributed by atoms with Crippen LogP contribution in [0.15, 0.2) is 47.2 Å². The first-order valence-electron chi connectivity index (χ1n) is 5.77. The molecule has 1 aromatic heterocycles. The third-order valence-corrected chi connectivity index (χ3v) is 3.07. The lowest BCUT2D eigenvalue weighted by Crippen LogP contribution is -2.09. The SMILES string of the molecule is CN(c1ccc(N)c(F)c1)c1ccc2ncoc2c1. The molecule has 0 atom stereocenters. The number of nitrogens with zero attached hydrogens (tertiary/aromatic N) is 2. The Labute approximate surface area is 109 Å². The zero-order valence-corrected chi connectivity index (χ0v) is 10.3. The summed E-state index contributed by atoms with van der Waals surface area (Å²) in [6.07, 6.45) is 1.40. The molecule has 2 aromatic carbocycles. The van der Waals surface area contributed by atoms with Crippen LogP contribution in [0.4, 0.5) is 21.5 Å². The number of hydrogen-bond donors (Lipinski definition) is 1. The first kappa shape index (κ1) is 11.5. The molecule has 1 heterocycles. The van der Waals surface area contributed by atoms with E-state index in [9.17, 15) is 4.39 Å². The Kier molecular flexibility index (Phi) is 2.59. The summed E-state index contributed by atoms with van der Waals surface area (Å²) < 4.78 is 18.7. The fourth-order valence-corrected chi connectivity index (χ4v) is 1.93. The van der Waals surface area contributed by atoms with E-state index in [1.54, 1.807) is 12.1 Å². The van der Waals surface area contributed by atoms with Crippen molar-refractivity contribution in [3.8, 4) is 0 Å². The van der Waals surface area contributed by atoms with Gasteiger partial charge in [0.25, 0.3) is 0 Å². The molecule has 0 saturated heterocycles. The zero-order valence-electron chi connectivity index (χ0n) is 10.3. The van der Waals surface area contributed by atoms with Crippen LogP contribution in [0.1, 0.15) is 0 Å². The maximum absolute atomic E-state index is 13.5. The molecule has 0 fully saturated rings. The molecular weight excluding hydrogens is 245 g/mol. The summed E-state index contributed by atoms with van der Waals surface area (Å²) in [6, 6.07) is 10.3. The van der Waals surface area contributed by atoms with Gasteiger partial charge in [0, 0.05) is 24.5 Å². The van der Waals surface area contributed by atoms with Crippen LogP contribution >= 0.6 is 0 Å². The van der Waals surface area contributed by atoms with Gasteiger partial charge in [0.2, 0.25) is 0 Å². The lowest BCUT2D eigenvalue weighted by molar-refractivity contribution is 0.602. The van der Waals surface area contributed by atoms with E-state index < -0.39 is 5.82 Å². The summed E-state index contributed by atoms with van der Waals surface area (Å²) in [4.78, 5) is 5.91. The van der Waals surface area contributed by atoms with Crippen molar-refractivity contribution in [2.75, 3.05) is 17.7 Å². The quantitative estimate of drug-likeness (QED) is 0.715. The lowest BCUT2D eigenvalue weighted by Gasteiger charge is -2.19. The van der Waals surface area contributed by atoms with Crippen molar-refractivity contribution >= 4 is 28.2 Å². The van der Waals surface area contributed by atoms with E-state index in [-0.39, 0.29) is 5.69 Å². The second-order valence-electron chi connectivity index (χ2n) is 4.27. The Hall–Kier alpha value is -2.56. The summed E-state index contributed by atoms with van der Waals surface area (Å²) >= 11 is 0. The first-order chi connectivity index (χ1) is 9.15. The van der Waals surface area contributed by atoms with Gasteiger partial charge in [0.1, 0.15) is 11.3 Å². The second-order valence-corrected chi connectivity index (χ2v) is 4.27. The number of fused-ring (bicyclic) bond motifs is 1. The van der Waals surface area contributed by atoms with Gasteiger partial charge in [0.15, 0.2) is 12.0 Å². The highest BCUT2D eigenvalue weighted by Gasteiger charge is 2.08. The number of rotatable bonds is 2. The van der Waals surface area contributed by atoms with Gasteiger partial charge in [-0.25, -0.2) is 9.37 Å². The molecule has 3 rings (SSSR count). The number of nitrogen functional groups attached to an aromatic ring is 1. The molecule has 0 spiro atoms. The van der Waals surface area contributed by atoms with Gasteiger partial charge in [-0.05, 0) is 30.3 Å². The molecule has 0 amide bonds. The zero-order chi connectivity index (χ0) is 13.4. The third kappa shape index (κ3) is 1.99. The van der Waals surface area contributed by atoms with Crippen molar-refractivity contribution in [1.29, 1.82) is 0 Å². The lowest BCUT2D eigenvalue weighted by atomic mass is 10.2. The Morgan fingerprint density at radius 2 is 1.89 bits per heavy atom. The molecule has 3 aromatic rings. The highest BCUT2D eigenvalue weighted by atomic mass is 19.1. The number of oxazole rings is 1. The molecule has 0 bridgehead atoms. The topological polar surface area (TPSA) is 55.3 Å². The van der Waals surface area contributed by atoms with Crippen LogP contribution in [0.3, 0.4) is 0 Å². The van der Waals surface area contributed by atoms with Gasteiger partial charge in [-0.15, -0.1) is 0 Å². The number of hydrogen-bond acceptors (Lipinski definition) is 4. The second kappa shape index (κ2) is 4.28. The first-order valence-corrected chi connectivity index (χ1v) is 5.77. The fraction of sp³-hybridized carbons (Fsp3) is 0.0714. The van der Waals surface area contributed by atoms with E-state index in [0.717, 1.165) is 11.2 Å². The summed E-state index contributed by atoms with van der Waals surface area (Å²) in [7, 11) is 1.85. The van der Waals surface area contributed by atoms with Crippen LogP contribution < -0.4 is 10.6 Å². The third-order valence-electron chi connectivity index (χ3n) is 3.07. The summed E-state index contributed by atoms with van der Waals surface area (Å²) in [5.74, 6) is -0.426. The monoisotopic (exact) mass is 257 g/mol. The Morgan fingerprint density at radius 1 is 1.16 bits per heavy atom. The number of halogens is 1. The van der Waals surface area contributed by atoms with Crippen molar-refractivity contribution in [2.24, 2.45) is 0 Å². The molecule has 0 saturated carbocycles. The molecule has 5 heteroatoms. The van der Waals surface area contributed by atoms with Gasteiger partial charge >= 0.3 is 0 Å². The normalized spacial score (nSPS) is 10.8. The molecule has 0 unspecified atom stereocenters. The molecule has 0 aliphatic rings. The molecule has 0 aliphatic heterocycles. The number of aromatic nitrogens is 1. The number of anilines is 3. The maximum atomic E-state index is 13.5. The minimum atomic E-state index is -0.426. The molecule has 19 heavy (non-hydrogen) atoms. The van der Waals surface area contributed by atoms with Crippen LogP contribution in [-0.2, 0) is 0 Å². The van der Waals surface area contributed by atoms with E-state index in [2.05, 4.69) is 4.98 Å². The standard InChI is InChI=1S/C14H12FN3O/c1-18(9-2-4-12(16)11(15)6-9)10-3-5-13-14(7-10)19-8-17-13/h2-8H,16H2,1H3. The van der Waals surface area contributed by atoms with E-state index in [1.807, 2.05) is 30.1 Å². The summed E-state index contributed by atoms with van der Waals surface area (Å²) in [6.45, 7) is 0. The fourth-order valence-electron chi connectivity index (χ4n) is 1.93. The van der Waals surface area contributed by atoms with E-state index >= 15 is 0 Å². The van der Waals surface area contributed by atoms with Gasteiger partial charge < -0.3 is 15.1 Å². The van der Waals surface area contributed by atoms with Crippen LogP contribution in [0.25, 0.3) is 11.1 Å². The molecule has 4 nitrogen and oxygen atoms in total. The van der Waals surface area contributed by atoms with Crippen LogP contribution in [-0.4, -0.2) is 12.0 Å². The smallest absolute Gasteiger partial charge is 0.181 e. The highest BCUT2D eigenvalue weighted by Crippen LogP contribution is 2.28. The maximum Gasteiger partial charge on any atom is 0.181 e. The Balaban J connectivity index is 2.01. The van der Waals surface area contributed by atoms with Gasteiger partial charge in [-0.1, -0.05) is 0 Å².